The molecule has 0 radical (unpaired) electrons. The first-order valence-electron chi connectivity index (χ1n) is 8.23. The van der Waals surface area contributed by atoms with Gasteiger partial charge in [-0.2, -0.15) is 10.2 Å². The van der Waals surface area contributed by atoms with Gasteiger partial charge in [-0.25, -0.2) is 0 Å². The molecule has 0 aliphatic carbocycles. The Hall–Kier alpha value is -2.91. The van der Waals surface area contributed by atoms with E-state index in [-0.39, 0.29) is 11.4 Å². The Morgan fingerprint density at radius 3 is 2.57 bits per heavy atom. The van der Waals surface area contributed by atoms with E-state index < -0.39 is 16.9 Å². The lowest BCUT2D eigenvalue weighted by atomic mass is 10.2. The molecule has 1 N–H and O–H groups in total. The molecule has 1 aromatic carbocycles. The number of halogens is 2. The number of carbonyl (C=O) groups excluding carboxylic acids is 1. The maximum Gasteiger partial charge on any atom is 0.309 e. The summed E-state index contributed by atoms with van der Waals surface area (Å²) in [7, 11) is 0. The molecule has 0 fully saturated rings. The molecule has 0 aliphatic heterocycles. The van der Waals surface area contributed by atoms with Crippen molar-refractivity contribution in [3.63, 3.8) is 0 Å². The number of rotatable bonds is 6. The number of benzene rings is 1. The average molecular weight is 423 g/mol. The second-order valence-corrected chi connectivity index (χ2v) is 6.92. The number of nitrogens with zero attached hydrogens (tertiary/aromatic N) is 5. The second kappa shape index (κ2) is 7.99. The number of hydrogen-bond acceptors (Lipinski definition) is 5. The van der Waals surface area contributed by atoms with Crippen LogP contribution >= 0.6 is 23.2 Å². The highest BCUT2D eigenvalue weighted by Gasteiger charge is 2.22. The summed E-state index contributed by atoms with van der Waals surface area (Å²) >= 11 is 12.3. The first-order valence-corrected chi connectivity index (χ1v) is 8.99. The Bertz CT molecular complexity index is 1030. The van der Waals surface area contributed by atoms with Gasteiger partial charge in [0.15, 0.2) is 5.82 Å². The van der Waals surface area contributed by atoms with Crippen molar-refractivity contribution in [2.24, 2.45) is 0 Å². The predicted octanol–water partition coefficient (Wildman–Crippen LogP) is 3.85. The van der Waals surface area contributed by atoms with Gasteiger partial charge in [-0.15, -0.1) is 0 Å². The molecule has 0 saturated heterocycles. The molecule has 1 atom stereocenters. The molecule has 0 bridgehead atoms. The van der Waals surface area contributed by atoms with E-state index in [1.807, 2.05) is 0 Å². The standard InChI is InChI=1S/C17H16Cl2N6O3/c1-10-15(25(27)28)9-24(21-10)11(2)17(26)20-16-6-7-23(22-16)8-12-13(18)4-3-5-14(12)19/h3-7,9,11H,8H2,1-2H3,(H,20,22,26). The number of nitrogens with one attached hydrogen (secondary N) is 1. The summed E-state index contributed by atoms with van der Waals surface area (Å²) in [5.74, 6) is -0.0724. The van der Waals surface area contributed by atoms with Gasteiger partial charge in [-0.05, 0) is 26.0 Å². The first-order chi connectivity index (χ1) is 13.3. The van der Waals surface area contributed by atoms with E-state index in [9.17, 15) is 14.9 Å². The van der Waals surface area contributed by atoms with Crippen molar-refractivity contribution in [1.82, 2.24) is 19.6 Å². The van der Waals surface area contributed by atoms with Crippen molar-refractivity contribution in [1.29, 1.82) is 0 Å². The van der Waals surface area contributed by atoms with E-state index in [0.717, 1.165) is 5.56 Å². The quantitative estimate of drug-likeness (QED) is 0.479. The number of carbonyl (C=O) groups is 1. The fraction of sp³-hybridized carbons (Fsp3) is 0.235. The first kappa shape index (κ1) is 19.8. The lowest BCUT2D eigenvalue weighted by molar-refractivity contribution is -0.385. The summed E-state index contributed by atoms with van der Waals surface area (Å²) in [6, 6.07) is 6.11. The van der Waals surface area contributed by atoms with Gasteiger partial charge in [0.1, 0.15) is 17.9 Å². The van der Waals surface area contributed by atoms with E-state index in [0.29, 0.717) is 22.4 Å². The molecular formula is C17H16Cl2N6O3. The van der Waals surface area contributed by atoms with Crippen LogP contribution in [0.5, 0.6) is 0 Å². The van der Waals surface area contributed by atoms with Gasteiger partial charge in [0.2, 0.25) is 5.91 Å². The summed E-state index contributed by atoms with van der Waals surface area (Å²) < 4.78 is 2.85. The highest BCUT2D eigenvalue weighted by molar-refractivity contribution is 6.35. The molecule has 9 nitrogen and oxygen atoms in total. The maximum absolute atomic E-state index is 12.4. The number of hydrogen-bond donors (Lipinski definition) is 1. The summed E-state index contributed by atoms with van der Waals surface area (Å²) in [4.78, 5) is 22.8. The van der Waals surface area contributed by atoms with E-state index in [4.69, 9.17) is 23.2 Å². The van der Waals surface area contributed by atoms with Crippen molar-refractivity contribution >= 4 is 40.6 Å². The number of aryl methyl sites for hydroxylation is 1. The van der Waals surface area contributed by atoms with Crippen LogP contribution in [0.3, 0.4) is 0 Å². The average Bonchev–Trinajstić information content (AvgIpc) is 3.24. The van der Waals surface area contributed by atoms with Gasteiger partial charge in [-0.3, -0.25) is 24.3 Å². The van der Waals surface area contributed by atoms with Crippen LogP contribution in [0.15, 0.2) is 36.7 Å². The number of amides is 1. The van der Waals surface area contributed by atoms with Gasteiger partial charge >= 0.3 is 5.69 Å². The third-order valence-electron chi connectivity index (χ3n) is 4.14. The fourth-order valence-electron chi connectivity index (χ4n) is 2.56. The van der Waals surface area contributed by atoms with Gasteiger partial charge in [0.25, 0.3) is 0 Å². The fourth-order valence-corrected chi connectivity index (χ4v) is 3.08. The van der Waals surface area contributed by atoms with Crippen molar-refractivity contribution in [2.45, 2.75) is 26.4 Å². The highest BCUT2D eigenvalue weighted by Crippen LogP contribution is 2.25. The van der Waals surface area contributed by atoms with Crippen molar-refractivity contribution in [3.05, 3.63) is 68.1 Å². The zero-order valence-electron chi connectivity index (χ0n) is 15.0. The minimum atomic E-state index is -0.754. The SMILES string of the molecule is Cc1nn(C(C)C(=O)Nc2ccn(Cc3c(Cl)cccc3Cl)n2)cc1[N+](=O)[O-]. The Kier molecular flexibility index (Phi) is 5.66. The summed E-state index contributed by atoms with van der Waals surface area (Å²) in [5, 5.41) is 23.0. The Labute approximate surface area is 170 Å². The molecule has 11 heteroatoms. The van der Waals surface area contributed by atoms with Crippen molar-refractivity contribution in [2.75, 3.05) is 5.32 Å². The Morgan fingerprint density at radius 1 is 1.29 bits per heavy atom. The van der Waals surface area contributed by atoms with E-state index >= 15 is 0 Å². The number of anilines is 1. The van der Waals surface area contributed by atoms with Crippen molar-refractivity contribution < 1.29 is 9.72 Å². The van der Waals surface area contributed by atoms with Crippen LogP contribution in [0.1, 0.15) is 24.2 Å². The molecule has 0 saturated carbocycles. The van der Waals surface area contributed by atoms with Crippen molar-refractivity contribution in [3.8, 4) is 0 Å². The van der Waals surface area contributed by atoms with Crippen LogP contribution in [0.25, 0.3) is 0 Å². The molecule has 2 aromatic heterocycles. The van der Waals surface area contributed by atoms with Gasteiger partial charge in [0, 0.05) is 27.9 Å². The minimum absolute atomic E-state index is 0.138. The monoisotopic (exact) mass is 422 g/mol. The van der Waals surface area contributed by atoms with E-state index in [1.54, 1.807) is 42.1 Å². The van der Waals surface area contributed by atoms with Crippen LogP contribution in [-0.4, -0.2) is 30.4 Å². The molecule has 3 aromatic rings. The van der Waals surface area contributed by atoms with Gasteiger partial charge in [-0.1, -0.05) is 29.3 Å². The zero-order chi connectivity index (χ0) is 20.4. The lowest BCUT2D eigenvalue weighted by Gasteiger charge is -2.11. The molecule has 1 unspecified atom stereocenters. The maximum atomic E-state index is 12.4. The molecule has 146 valence electrons. The Balaban J connectivity index is 1.70. The number of nitro groups is 1. The van der Waals surface area contributed by atoms with Gasteiger partial charge < -0.3 is 5.32 Å². The highest BCUT2D eigenvalue weighted by atomic mass is 35.5. The number of aromatic nitrogens is 4. The molecule has 28 heavy (non-hydrogen) atoms. The van der Waals surface area contributed by atoms with Crippen LogP contribution in [-0.2, 0) is 11.3 Å². The lowest BCUT2D eigenvalue weighted by Crippen LogP contribution is -2.24. The van der Waals surface area contributed by atoms with Gasteiger partial charge in [0.05, 0.1) is 11.5 Å². The summed E-state index contributed by atoms with van der Waals surface area (Å²) in [6.45, 7) is 3.45. The molecule has 1 amide bonds. The predicted molar refractivity (Wildman–Crippen MR) is 105 cm³/mol. The molecule has 0 aliphatic rings. The second-order valence-electron chi connectivity index (χ2n) is 6.10. The third kappa shape index (κ3) is 4.15. The van der Waals surface area contributed by atoms with Crippen LogP contribution in [0.2, 0.25) is 10.0 Å². The summed E-state index contributed by atoms with van der Waals surface area (Å²) in [6.07, 6.45) is 2.92. The molecule has 2 heterocycles. The Morgan fingerprint density at radius 2 is 1.96 bits per heavy atom. The summed E-state index contributed by atoms with van der Waals surface area (Å²) in [5.41, 5.74) is 0.825. The van der Waals surface area contributed by atoms with E-state index in [1.165, 1.54) is 17.8 Å². The van der Waals surface area contributed by atoms with Crippen LogP contribution < -0.4 is 5.32 Å². The topological polar surface area (TPSA) is 108 Å². The smallest absolute Gasteiger partial charge is 0.307 e. The third-order valence-corrected chi connectivity index (χ3v) is 4.85. The normalized spacial score (nSPS) is 12.0. The molecule has 0 spiro atoms. The molecule has 3 rings (SSSR count). The zero-order valence-corrected chi connectivity index (χ0v) is 16.5. The van der Waals surface area contributed by atoms with Crippen LogP contribution in [0.4, 0.5) is 11.5 Å². The minimum Gasteiger partial charge on any atom is -0.307 e. The van der Waals surface area contributed by atoms with Crippen LogP contribution in [0, 0.1) is 17.0 Å². The molecular weight excluding hydrogens is 407 g/mol. The largest absolute Gasteiger partial charge is 0.309 e. The van der Waals surface area contributed by atoms with E-state index in [2.05, 4.69) is 15.5 Å².